The standard InChI is InChI=1S/C20H21NO3/c22-18-13-17(20(24-18)10-4-1-5-11-20)19(23)21-16-9-8-14-6-2-3-7-15(14)12-16/h2-3,6-9,12,17H,1,4-5,10-11,13H2,(H,21,23)/t17-/m0/s1. The van der Waals surface area contributed by atoms with E-state index in [0.29, 0.717) is 0 Å². The molecule has 1 saturated heterocycles. The largest absolute Gasteiger partial charge is 0.458 e. The van der Waals surface area contributed by atoms with Crippen LogP contribution in [0.1, 0.15) is 38.5 Å². The molecule has 1 spiro atoms. The first kappa shape index (κ1) is 15.2. The van der Waals surface area contributed by atoms with Crippen molar-refractivity contribution >= 4 is 28.3 Å². The molecule has 2 fully saturated rings. The molecule has 1 aliphatic carbocycles. The van der Waals surface area contributed by atoms with Gasteiger partial charge in [-0.25, -0.2) is 0 Å². The molecule has 1 N–H and O–H groups in total. The summed E-state index contributed by atoms with van der Waals surface area (Å²) in [5.41, 5.74) is 0.194. The zero-order valence-corrected chi connectivity index (χ0v) is 13.6. The van der Waals surface area contributed by atoms with Gasteiger partial charge >= 0.3 is 5.97 Å². The molecule has 1 heterocycles. The second-order valence-electron chi connectivity index (χ2n) is 6.91. The summed E-state index contributed by atoms with van der Waals surface area (Å²) in [6.07, 6.45) is 4.99. The Morgan fingerprint density at radius 3 is 2.58 bits per heavy atom. The highest BCUT2D eigenvalue weighted by atomic mass is 16.6. The summed E-state index contributed by atoms with van der Waals surface area (Å²) in [6.45, 7) is 0. The normalized spacial score (nSPS) is 22.5. The lowest BCUT2D eigenvalue weighted by Gasteiger charge is -2.36. The first-order valence-corrected chi connectivity index (χ1v) is 8.68. The molecule has 124 valence electrons. The number of carbonyl (C=O) groups excluding carboxylic acids is 2. The van der Waals surface area contributed by atoms with Gasteiger partial charge in [0.25, 0.3) is 0 Å². The first-order valence-electron chi connectivity index (χ1n) is 8.68. The number of carbonyl (C=O) groups is 2. The topological polar surface area (TPSA) is 55.4 Å². The SMILES string of the molecule is O=C1C[C@@H](C(=O)Nc2ccc3ccccc3c2)C2(CCCCC2)O1. The second-order valence-corrected chi connectivity index (χ2v) is 6.91. The van der Waals surface area contributed by atoms with Gasteiger partial charge in [0.2, 0.25) is 5.91 Å². The average molecular weight is 323 g/mol. The summed E-state index contributed by atoms with van der Waals surface area (Å²) in [4.78, 5) is 24.7. The molecule has 4 nitrogen and oxygen atoms in total. The van der Waals surface area contributed by atoms with Crippen molar-refractivity contribution in [2.75, 3.05) is 5.32 Å². The lowest BCUT2D eigenvalue weighted by molar-refractivity contribution is -0.153. The van der Waals surface area contributed by atoms with Crippen molar-refractivity contribution in [3.8, 4) is 0 Å². The van der Waals surface area contributed by atoms with E-state index in [2.05, 4.69) is 5.32 Å². The van der Waals surface area contributed by atoms with Gasteiger partial charge in [0, 0.05) is 5.69 Å². The Hall–Kier alpha value is -2.36. The summed E-state index contributed by atoms with van der Waals surface area (Å²) in [7, 11) is 0. The number of hydrogen-bond donors (Lipinski definition) is 1. The fourth-order valence-corrected chi connectivity index (χ4v) is 4.12. The van der Waals surface area contributed by atoms with Gasteiger partial charge in [-0.2, -0.15) is 0 Å². The summed E-state index contributed by atoms with van der Waals surface area (Å²) < 4.78 is 5.63. The number of nitrogens with one attached hydrogen (secondary N) is 1. The fourth-order valence-electron chi connectivity index (χ4n) is 4.12. The highest BCUT2D eigenvalue weighted by Crippen LogP contribution is 2.44. The van der Waals surface area contributed by atoms with Crippen LogP contribution in [-0.4, -0.2) is 17.5 Å². The van der Waals surface area contributed by atoms with Crippen molar-refractivity contribution < 1.29 is 14.3 Å². The van der Waals surface area contributed by atoms with E-state index < -0.39 is 5.60 Å². The maximum absolute atomic E-state index is 12.8. The van der Waals surface area contributed by atoms with Crippen LogP contribution in [0.25, 0.3) is 10.8 Å². The molecule has 2 aromatic rings. The van der Waals surface area contributed by atoms with Gasteiger partial charge in [-0.05, 0) is 48.6 Å². The van der Waals surface area contributed by atoms with Gasteiger partial charge in [0.05, 0.1) is 12.3 Å². The molecule has 0 aromatic heterocycles. The van der Waals surface area contributed by atoms with Gasteiger partial charge in [-0.1, -0.05) is 36.8 Å². The predicted octanol–water partition coefficient (Wildman–Crippen LogP) is 4.04. The lowest BCUT2D eigenvalue weighted by atomic mass is 9.75. The van der Waals surface area contributed by atoms with Gasteiger partial charge < -0.3 is 10.1 Å². The van der Waals surface area contributed by atoms with E-state index in [1.807, 2.05) is 42.5 Å². The maximum atomic E-state index is 12.8. The third kappa shape index (κ3) is 2.66. The number of anilines is 1. The van der Waals surface area contributed by atoms with Crippen molar-refractivity contribution in [2.45, 2.75) is 44.1 Å². The van der Waals surface area contributed by atoms with Crippen molar-refractivity contribution in [3.63, 3.8) is 0 Å². The van der Waals surface area contributed by atoms with Gasteiger partial charge in [0.1, 0.15) is 5.60 Å². The molecule has 0 radical (unpaired) electrons. The van der Waals surface area contributed by atoms with E-state index in [0.717, 1.165) is 48.6 Å². The number of hydrogen-bond acceptors (Lipinski definition) is 3. The van der Waals surface area contributed by atoms with E-state index >= 15 is 0 Å². The summed E-state index contributed by atoms with van der Waals surface area (Å²) in [5, 5.41) is 5.22. The number of benzene rings is 2. The van der Waals surface area contributed by atoms with Gasteiger partial charge in [-0.3, -0.25) is 9.59 Å². The third-order valence-corrected chi connectivity index (χ3v) is 5.36. The molecular weight excluding hydrogens is 302 g/mol. The van der Waals surface area contributed by atoms with E-state index in [1.54, 1.807) is 0 Å². The summed E-state index contributed by atoms with van der Waals surface area (Å²) in [5.74, 6) is -0.717. The third-order valence-electron chi connectivity index (χ3n) is 5.36. The molecule has 0 bridgehead atoms. The number of esters is 1. The Balaban J connectivity index is 1.56. The molecule has 1 amide bonds. The number of rotatable bonds is 2. The van der Waals surface area contributed by atoms with E-state index in [9.17, 15) is 9.59 Å². The van der Waals surface area contributed by atoms with E-state index in [4.69, 9.17) is 4.74 Å². The Kier molecular flexibility index (Phi) is 3.75. The van der Waals surface area contributed by atoms with Crippen LogP contribution >= 0.6 is 0 Å². The van der Waals surface area contributed by atoms with Crippen LogP contribution in [0.4, 0.5) is 5.69 Å². The Bertz CT molecular complexity index is 792. The Morgan fingerprint density at radius 2 is 1.79 bits per heavy atom. The Labute approximate surface area is 141 Å². The molecular formula is C20H21NO3. The van der Waals surface area contributed by atoms with Crippen LogP contribution < -0.4 is 5.32 Å². The first-order chi connectivity index (χ1) is 11.7. The Morgan fingerprint density at radius 1 is 1.04 bits per heavy atom. The molecule has 1 saturated carbocycles. The van der Waals surface area contributed by atoms with Crippen LogP contribution in [0.15, 0.2) is 42.5 Å². The smallest absolute Gasteiger partial charge is 0.307 e. The van der Waals surface area contributed by atoms with Crippen molar-refractivity contribution in [3.05, 3.63) is 42.5 Å². The molecule has 1 atom stereocenters. The number of fused-ring (bicyclic) bond motifs is 1. The van der Waals surface area contributed by atoms with Crippen LogP contribution in [0.2, 0.25) is 0 Å². The minimum absolute atomic E-state index is 0.0990. The highest BCUT2D eigenvalue weighted by Gasteiger charge is 2.52. The average Bonchev–Trinajstić information content (AvgIpc) is 2.91. The van der Waals surface area contributed by atoms with Crippen LogP contribution in [0, 0.1) is 5.92 Å². The molecule has 2 aromatic carbocycles. The molecule has 1 aliphatic heterocycles. The number of ether oxygens (including phenoxy) is 1. The predicted molar refractivity (Wildman–Crippen MR) is 92.6 cm³/mol. The lowest BCUT2D eigenvalue weighted by Crippen LogP contribution is -2.43. The molecule has 4 rings (SSSR count). The molecule has 0 unspecified atom stereocenters. The minimum Gasteiger partial charge on any atom is -0.458 e. The zero-order chi connectivity index (χ0) is 16.6. The monoisotopic (exact) mass is 323 g/mol. The van der Waals surface area contributed by atoms with Crippen LogP contribution in [0.5, 0.6) is 0 Å². The zero-order valence-electron chi connectivity index (χ0n) is 13.6. The highest BCUT2D eigenvalue weighted by molar-refractivity contribution is 5.98. The van der Waals surface area contributed by atoms with Gasteiger partial charge in [-0.15, -0.1) is 0 Å². The second kappa shape index (κ2) is 5.93. The fraction of sp³-hybridized carbons (Fsp3) is 0.400. The van der Waals surface area contributed by atoms with E-state index in [1.165, 1.54) is 0 Å². The van der Waals surface area contributed by atoms with E-state index in [-0.39, 0.29) is 24.2 Å². The molecule has 4 heteroatoms. The van der Waals surface area contributed by atoms with Crippen LogP contribution in [0.3, 0.4) is 0 Å². The number of amides is 1. The maximum Gasteiger partial charge on any atom is 0.307 e. The van der Waals surface area contributed by atoms with Crippen molar-refractivity contribution in [2.24, 2.45) is 5.92 Å². The van der Waals surface area contributed by atoms with Crippen LogP contribution in [-0.2, 0) is 14.3 Å². The summed E-state index contributed by atoms with van der Waals surface area (Å²) >= 11 is 0. The quantitative estimate of drug-likeness (QED) is 0.849. The molecule has 24 heavy (non-hydrogen) atoms. The minimum atomic E-state index is -0.573. The van der Waals surface area contributed by atoms with Crippen molar-refractivity contribution in [1.29, 1.82) is 0 Å². The molecule has 2 aliphatic rings. The summed E-state index contributed by atoms with van der Waals surface area (Å²) in [6, 6.07) is 13.9. The van der Waals surface area contributed by atoms with Crippen molar-refractivity contribution in [1.82, 2.24) is 0 Å². The van der Waals surface area contributed by atoms with Gasteiger partial charge in [0.15, 0.2) is 0 Å².